The lowest BCUT2D eigenvalue weighted by atomic mass is 10.1. The van der Waals surface area contributed by atoms with Crippen LogP contribution in [0.2, 0.25) is 0 Å². The van der Waals surface area contributed by atoms with E-state index in [0.717, 1.165) is 49.1 Å². The molecule has 1 rings (SSSR count). The first-order valence-electron chi connectivity index (χ1n) is 10.2. The van der Waals surface area contributed by atoms with Crippen LogP contribution in [-0.4, -0.2) is 16.6 Å². The van der Waals surface area contributed by atoms with Crippen molar-refractivity contribution < 1.29 is 5.11 Å². The Morgan fingerprint density at radius 3 is 2.41 bits per heavy atom. The molecular weight excluding hydrogens is 376 g/mol. The fourth-order valence-electron chi connectivity index (χ4n) is 3.08. The van der Waals surface area contributed by atoms with Gasteiger partial charge in [-0.3, -0.25) is 0 Å². The first-order chi connectivity index (χ1) is 13.8. The smallest absolute Gasteiger partial charge is 0.115 e. The van der Waals surface area contributed by atoms with Gasteiger partial charge in [-0.1, -0.05) is 44.2 Å². The number of nitrogens with zero attached hydrogens (tertiary/aromatic N) is 1. The van der Waals surface area contributed by atoms with Crippen LogP contribution in [-0.2, 0) is 6.42 Å². The van der Waals surface area contributed by atoms with E-state index in [-0.39, 0.29) is 0 Å². The molecule has 0 saturated heterocycles. The average molecular weight is 413 g/mol. The minimum atomic E-state index is 0.298. The van der Waals surface area contributed by atoms with Gasteiger partial charge < -0.3 is 15.7 Å². The van der Waals surface area contributed by atoms with E-state index in [1.807, 2.05) is 38.1 Å². The van der Waals surface area contributed by atoms with Gasteiger partial charge >= 0.3 is 0 Å². The Bertz CT molecular complexity index is 786. The summed E-state index contributed by atoms with van der Waals surface area (Å²) in [5.74, 6) is 0.298. The maximum absolute atomic E-state index is 9.45. The zero-order chi connectivity index (χ0) is 21.8. The number of allylic oxidation sites excluding steroid dienone is 6. The van der Waals surface area contributed by atoms with Gasteiger partial charge in [0.1, 0.15) is 5.75 Å². The molecule has 0 aliphatic carbocycles. The molecular formula is C25H36N2OS. The molecule has 0 aliphatic heterocycles. The van der Waals surface area contributed by atoms with Crippen molar-refractivity contribution >= 4 is 12.6 Å². The summed E-state index contributed by atoms with van der Waals surface area (Å²) in [6.45, 7) is 13.5. The fraction of sp³-hybridized carbons (Fsp3) is 0.360. The van der Waals surface area contributed by atoms with Gasteiger partial charge in [-0.2, -0.15) is 12.6 Å². The molecule has 0 aromatic heterocycles. The van der Waals surface area contributed by atoms with E-state index < -0.39 is 0 Å². The minimum absolute atomic E-state index is 0.298. The predicted octanol–water partition coefficient (Wildman–Crippen LogP) is 6.47. The zero-order valence-corrected chi connectivity index (χ0v) is 19.2. The second kappa shape index (κ2) is 13.0. The molecule has 4 heteroatoms. The van der Waals surface area contributed by atoms with Crippen LogP contribution in [0.3, 0.4) is 0 Å². The number of hydrogen-bond donors (Lipinski definition) is 3. The molecule has 0 bridgehead atoms. The Morgan fingerprint density at radius 1 is 1.21 bits per heavy atom. The summed E-state index contributed by atoms with van der Waals surface area (Å²) in [6, 6.07) is 7.41. The number of aromatic hydroxyl groups is 1. The predicted molar refractivity (Wildman–Crippen MR) is 130 cm³/mol. The van der Waals surface area contributed by atoms with Crippen LogP contribution in [0, 0.1) is 0 Å². The first kappa shape index (κ1) is 24.7. The number of hydrogen-bond acceptors (Lipinski definition) is 4. The van der Waals surface area contributed by atoms with E-state index in [1.165, 1.54) is 11.3 Å². The van der Waals surface area contributed by atoms with E-state index in [9.17, 15) is 5.11 Å². The number of rotatable bonds is 11. The second-order valence-electron chi connectivity index (χ2n) is 7.18. The number of thiol groups is 1. The maximum atomic E-state index is 9.45. The van der Waals surface area contributed by atoms with Gasteiger partial charge in [0.15, 0.2) is 0 Å². The van der Waals surface area contributed by atoms with E-state index in [1.54, 1.807) is 17.5 Å². The summed E-state index contributed by atoms with van der Waals surface area (Å²) in [4.78, 5) is 2.24. The Hall–Kier alpha value is -2.33. The lowest BCUT2D eigenvalue weighted by Crippen LogP contribution is -2.27. The van der Waals surface area contributed by atoms with Gasteiger partial charge in [0.25, 0.3) is 0 Å². The standard InChI is InChI=1S/C25H36N2OS/c1-6-9-23(7-2)27(16-8-10-22-11-13-24(28)14-12-22)21(5)25(26)18-20(4)19(3)15-17-29/h7,11-15,17-18,28-29H,5-6,8-10,16,26H2,1-4H3/b17-15-,20-19+,23-7-,25-18-. The number of nitrogens with two attached hydrogens (primary N) is 1. The molecule has 0 heterocycles. The van der Waals surface area contributed by atoms with E-state index in [0.29, 0.717) is 11.4 Å². The third-order valence-corrected chi connectivity index (χ3v) is 5.10. The van der Waals surface area contributed by atoms with Gasteiger partial charge in [-0.05, 0) is 80.4 Å². The molecule has 29 heavy (non-hydrogen) atoms. The van der Waals surface area contributed by atoms with Crippen molar-refractivity contribution in [3.63, 3.8) is 0 Å². The Labute approximate surface area is 182 Å². The third kappa shape index (κ3) is 8.28. The first-order valence-corrected chi connectivity index (χ1v) is 10.7. The fourth-order valence-corrected chi connectivity index (χ4v) is 3.30. The lowest BCUT2D eigenvalue weighted by Gasteiger charge is -2.30. The van der Waals surface area contributed by atoms with Gasteiger partial charge in [0.05, 0.1) is 11.4 Å². The Balaban J connectivity index is 2.99. The van der Waals surface area contributed by atoms with Gasteiger partial charge in [-0.15, -0.1) is 0 Å². The highest BCUT2D eigenvalue weighted by Crippen LogP contribution is 2.23. The van der Waals surface area contributed by atoms with Crippen molar-refractivity contribution in [1.82, 2.24) is 4.90 Å². The van der Waals surface area contributed by atoms with Crippen molar-refractivity contribution in [3.8, 4) is 5.75 Å². The maximum Gasteiger partial charge on any atom is 0.115 e. The van der Waals surface area contributed by atoms with Crippen molar-refractivity contribution in [3.05, 3.63) is 88.3 Å². The van der Waals surface area contributed by atoms with E-state index >= 15 is 0 Å². The largest absolute Gasteiger partial charge is 0.508 e. The number of phenolic OH excluding ortho intramolecular Hbond substituents is 1. The van der Waals surface area contributed by atoms with Crippen molar-refractivity contribution in [2.45, 2.75) is 53.4 Å². The van der Waals surface area contributed by atoms with Crippen LogP contribution >= 0.6 is 12.6 Å². The zero-order valence-electron chi connectivity index (χ0n) is 18.3. The molecule has 0 aliphatic rings. The topological polar surface area (TPSA) is 49.5 Å². The van der Waals surface area contributed by atoms with Gasteiger partial charge in [0.2, 0.25) is 0 Å². The highest BCUT2D eigenvalue weighted by Gasteiger charge is 2.14. The molecule has 0 radical (unpaired) electrons. The summed E-state index contributed by atoms with van der Waals surface area (Å²) in [5.41, 5.74) is 12.6. The average Bonchev–Trinajstić information content (AvgIpc) is 2.70. The van der Waals surface area contributed by atoms with Crippen LogP contribution < -0.4 is 5.73 Å². The number of aryl methyl sites for hydroxylation is 1. The van der Waals surface area contributed by atoms with Crippen LogP contribution in [0.25, 0.3) is 0 Å². The summed E-state index contributed by atoms with van der Waals surface area (Å²) >= 11 is 4.14. The molecule has 3 nitrogen and oxygen atoms in total. The molecule has 1 aromatic rings. The van der Waals surface area contributed by atoms with Crippen LogP contribution in [0.1, 0.15) is 52.5 Å². The van der Waals surface area contributed by atoms with E-state index in [4.69, 9.17) is 5.73 Å². The summed E-state index contributed by atoms with van der Waals surface area (Å²) in [6.07, 6.45) is 10.0. The summed E-state index contributed by atoms with van der Waals surface area (Å²) in [5, 5.41) is 11.2. The SMILES string of the molecule is C=C(/C(N)=C/C(C)=C(C)/C=C\S)N(CCCc1ccc(O)cc1)/C(=C\C)CCC. The van der Waals surface area contributed by atoms with E-state index in [2.05, 4.69) is 44.0 Å². The number of phenols is 1. The Morgan fingerprint density at radius 2 is 1.86 bits per heavy atom. The molecule has 158 valence electrons. The van der Waals surface area contributed by atoms with Crippen molar-refractivity contribution in [1.29, 1.82) is 0 Å². The lowest BCUT2D eigenvalue weighted by molar-refractivity contribution is 0.406. The van der Waals surface area contributed by atoms with Crippen LogP contribution in [0.15, 0.2) is 82.7 Å². The van der Waals surface area contributed by atoms with Crippen molar-refractivity contribution in [2.75, 3.05) is 6.54 Å². The van der Waals surface area contributed by atoms with Gasteiger partial charge in [0, 0.05) is 12.2 Å². The molecule has 3 N–H and O–H groups in total. The molecule has 0 unspecified atom stereocenters. The molecule has 0 fully saturated rings. The number of benzene rings is 1. The third-order valence-electron chi connectivity index (χ3n) is 4.95. The quantitative estimate of drug-likeness (QED) is 0.288. The second-order valence-corrected chi connectivity index (χ2v) is 7.48. The summed E-state index contributed by atoms with van der Waals surface area (Å²) in [7, 11) is 0. The van der Waals surface area contributed by atoms with Crippen LogP contribution in [0.4, 0.5) is 0 Å². The van der Waals surface area contributed by atoms with Crippen LogP contribution in [0.5, 0.6) is 5.75 Å². The highest BCUT2D eigenvalue weighted by molar-refractivity contribution is 7.83. The van der Waals surface area contributed by atoms with Crippen molar-refractivity contribution in [2.24, 2.45) is 5.73 Å². The Kier molecular flexibility index (Phi) is 11.1. The monoisotopic (exact) mass is 412 g/mol. The highest BCUT2D eigenvalue weighted by atomic mass is 32.1. The summed E-state index contributed by atoms with van der Waals surface area (Å²) < 4.78 is 0. The molecule has 0 amide bonds. The molecule has 0 spiro atoms. The molecule has 0 saturated carbocycles. The normalized spacial score (nSPS) is 13.6. The minimum Gasteiger partial charge on any atom is -0.508 e. The van der Waals surface area contributed by atoms with Gasteiger partial charge in [-0.25, -0.2) is 0 Å². The molecule has 1 aromatic carbocycles. The molecule has 0 atom stereocenters.